The Morgan fingerprint density at radius 3 is 2.77 bits per heavy atom. The van der Waals surface area contributed by atoms with Crippen LogP contribution >= 0.6 is 0 Å². The van der Waals surface area contributed by atoms with Crippen molar-refractivity contribution in [2.75, 3.05) is 30.0 Å². The molecule has 2 unspecified atom stereocenters. The molecule has 2 atom stereocenters. The fourth-order valence-corrected chi connectivity index (χ4v) is 4.87. The van der Waals surface area contributed by atoms with Gasteiger partial charge in [0.1, 0.15) is 18.1 Å². The molecule has 0 aliphatic carbocycles. The number of benzene rings is 3. The summed E-state index contributed by atoms with van der Waals surface area (Å²) in [6, 6.07) is 21.9. The molecule has 0 radical (unpaired) electrons. The number of para-hydroxylation sites is 1. The number of nitriles is 1. The van der Waals surface area contributed by atoms with Gasteiger partial charge in [0.15, 0.2) is 0 Å². The molecule has 2 aliphatic rings. The lowest BCUT2D eigenvalue weighted by atomic mass is 9.97. The molecular formula is C28H27N3O4. The predicted octanol–water partition coefficient (Wildman–Crippen LogP) is 5.60. The van der Waals surface area contributed by atoms with E-state index in [1.807, 2.05) is 48.5 Å². The van der Waals surface area contributed by atoms with Crippen LogP contribution in [0.15, 0.2) is 60.7 Å². The van der Waals surface area contributed by atoms with Crippen molar-refractivity contribution in [2.24, 2.45) is 0 Å². The van der Waals surface area contributed by atoms with E-state index < -0.39 is 5.97 Å². The predicted molar refractivity (Wildman–Crippen MR) is 134 cm³/mol. The van der Waals surface area contributed by atoms with Crippen LogP contribution in [0.4, 0.5) is 17.1 Å². The second kappa shape index (κ2) is 9.59. The third kappa shape index (κ3) is 4.47. The molecule has 0 saturated carbocycles. The lowest BCUT2D eigenvalue weighted by molar-refractivity contribution is -0.137. The van der Waals surface area contributed by atoms with Crippen LogP contribution in [0.1, 0.15) is 48.4 Å². The van der Waals surface area contributed by atoms with Gasteiger partial charge in [0, 0.05) is 41.0 Å². The van der Waals surface area contributed by atoms with Gasteiger partial charge in [-0.05, 0) is 36.8 Å². The molecule has 3 aromatic carbocycles. The van der Waals surface area contributed by atoms with E-state index in [-0.39, 0.29) is 18.4 Å². The summed E-state index contributed by atoms with van der Waals surface area (Å²) in [5, 5.41) is 22.0. The van der Waals surface area contributed by atoms with E-state index in [0.717, 1.165) is 52.7 Å². The van der Waals surface area contributed by atoms with E-state index >= 15 is 0 Å². The molecule has 178 valence electrons. The van der Waals surface area contributed by atoms with E-state index in [1.165, 1.54) is 0 Å². The van der Waals surface area contributed by atoms with Gasteiger partial charge in [-0.25, -0.2) is 0 Å². The third-order valence-electron chi connectivity index (χ3n) is 6.47. The first kappa shape index (κ1) is 22.6. The average molecular weight is 470 g/mol. The summed E-state index contributed by atoms with van der Waals surface area (Å²) in [5.41, 5.74) is 5.49. The lowest BCUT2D eigenvalue weighted by Crippen LogP contribution is -2.18. The van der Waals surface area contributed by atoms with Crippen LogP contribution in [0.25, 0.3) is 0 Å². The summed E-state index contributed by atoms with van der Waals surface area (Å²) in [6.07, 6.45) is 1.01. The van der Waals surface area contributed by atoms with Crippen molar-refractivity contribution in [3.8, 4) is 17.6 Å². The maximum Gasteiger partial charge on any atom is 0.304 e. The highest BCUT2D eigenvalue weighted by atomic mass is 16.5. The van der Waals surface area contributed by atoms with Crippen molar-refractivity contribution in [3.63, 3.8) is 0 Å². The number of hydrogen-bond donors (Lipinski definition) is 2. The Kier molecular flexibility index (Phi) is 6.19. The topological polar surface area (TPSA) is 94.8 Å². The van der Waals surface area contributed by atoms with Gasteiger partial charge < -0.3 is 24.8 Å². The second-order valence-electron chi connectivity index (χ2n) is 8.88. The minimum Gasteiger partial charge on any atom is -0.493 e. The minimum atomic E-state index is -0.819. The molecule has 7 heteroatoms. The van der Waals surface area contributed by atoms with Gasteiger partial charge >= 0.3 is 5.97 Å². The number of fused-ring (bicyclic) bond motifs is 2. The summed E-state index contributed by atoms with van der Waals surface area (Å²) in [5.74, 6) is 0.653. The van der Waals surface area contributed by atoms with Crippen LogP contribution in [-0.2, 0) is 4.79 Å². The molecule has 0 fully saturated rings. The van der Waals surface area contributed by atoms with Crippen LogP contribution in [0.5, 0.6) is 11.5 Å². The molecule has 35 heavy (non-hydrogen) atoms. The SMILES string of the molecule is CCCN(c1cccc(C#N)c1)c1cccc2c1OCC2Nc1ccc2c(c1)OCC2CC(=O)O. The summed E-state index contributed by atoms with van der Waals surface area (Å²) in [7, 11) is 0. The first-order valence-corrected chi connectivity index (χ1v) is 11.9. The Bertz CT molecular complexity index is 1300. The van der Waals surface area contributed by atoms with Crippen LogP contribution < -0.4 is 19.7 Å². The maximum absolute atomic E-state index is 11.1. The van der Waals surface area contributed by atoms with Gasteiger partial charge in [-0.2, -0.15) is 5.26 Å². The minimum absolute atomic E-state index is 0.0341. The number of aliphatic carboxylic acids is 1. The summed E-state index contributed by atoms with van der Waals surface area (Å²) < 4.78 is 12.0. The fraction of sp³-hybridized carbons (Fsp3) is 0.286. The molecule has 2 heterocycles. The molecule has 2 N–H and O–H groups in total. The first-order valence-electron chi connectivity index (χ1n) is 11.9. The number of carboxylic acids is 1. The van der Waals surface area contributed by atoms with E-state index in [4.69, 9.17) is 14.6 Å². The molecule has 7 nitrogen and oxygen atoms in total. The Morgan fingerprint density at radius 2 is 1.97 bits per heavy atom. The zero-order valence-corrected chi connectivity index (χ0v) is 19.5. The smallest absolute Gasteiger partial charge is 0.304 e. The van der Waals surface area contributed by atoms with Crippen LogP contribution in [0.3, 0.4) is 0 Å². The normalized spacial score (nSPS) is 17.5. The summed E-state index contributed by atoms with van der Waals surface area (Å²) in [6.45, 7) is 3.81. The number of nitrogens with one attached hydrogen (secondary N) is 1. The number of carboxylic acid groups (broad SMARTS) is 1. The highest BCUT2D eigenvalue weighted by Crippen LogP contribution is 2.45. The Balaban J connectivity index is 1.40. The van der Waals surface area contributed by atoms with Gasteiger partial charge in [-0.3, -0.25) is 4.79 Å². The van der Waals surface area contributed by atoms with E-state index in [1.54, 1.807) is 0 Å². The van der Waals surface area contributed by atoms with Gasteiger partial charge in [-0.1, -0.05) is 31.2 Å². The monoisotopic (exact) mass is 469 g/mol. The number of ether oxygens (including phenoxy) is 2. The van der Waals surface area contributed by atoms with Crippen molar-refractivity contribution in [2.45, 2.75) is 31.7 Å². The zero-order valence-electron chi connectivity index (χ0n) is 19.5. The quantitative estimate of drug-likeness (QED) is 0.443. The number of nitrogens with zero attached hydrogens (tertiary/aromatic N) is 2. The van der Waals surface area contributed by atoms with Gasteiger partial charge in [-0.15, -0.1) is 0 Å². The Labute approximate surface area is 204 Å². The van der Waals surface area contributed by atoms with E-state index in [2.05, 4.69) is 35.3 Å². The molecule has 0 amide bonds. The van der Waals surface area contributed by atoms with Crippen LogP contribution in [0, 0.1) is 11.3 Å². The Morgan fingerprint density at radius 1 is 1.11 bits per heavy atom. The molecular weight excluding hydrogens is 442 g/mol. The first-order chi connectivity index (χ1) is 17.1. The standard InChI is InChI=1S/C28H27N3O4/c1-2-11-31(21-6-3-5-18(12-21)15-29)25-8-4-7-23-24(17-35-28(23)25)30-20-9-10-22-19(13-27(32)33)16-34-26(22)14-20/h3-10,12,14,19,24,30H,2,11,13,16-17H2,1H3,(H,32,33). The van der Waals surface area contributed by atoms with Crippen LogP contribution in [0.2, 0.25) is 0 Å². The molecule has 2 aliphatic heterocycles. The van der Waals surface area contributed by atoms with E-state index in [9.17, 15) is 10.1 Å². The van der Waals surface area contributed by atoms with Gasteiger partial charge in [0.25, 0.3) is 0 Å². The number of rotatable bonds is 8. The molecule has 0 saturated heterocycles. The van der Waals surface area contributed by atoms with Crippen molar-refractivity contribution in [3.05, 3.63) is 77.4 Å². The lowest BCUT2D eigenvalue weighted by Gasteiger charge is -2.26. The van der Waals surface area contributed by atoms with Crippen molar-refractivity contribution < 1.29 is 19.4 Å². The fourth-order valence-electron chi connectivity index (χ4n) is 4.87. The molecule has 5 rings (SSSR count). The molecule has 0 spiro atoms. The van der Waals surface area contributed by atoms with Crippen LogP contribution in [-0.4, -0.2) is 30.8 Å². The molecule has 3 aromatic rings. The highest BCUT2D eigenvalue weighted by Gasteiger charge is 2.30. The van der Waals surface area contributed by atoms with Crippen molar-refractivity contribution >= 4 is 23.0 Å². The second-order valence-corrected chi connectivity index (χ2v) is 8.88. The highest BCUT2D eigenvalue weighted by molar-refractivity contribution is 5.73. The number of carbonyl (C=O) groups is 1. The summed E-state index contributed by atoms with van der Waals surface area (Å²) >= 11 is 0. The average Bonchev–Trinajstić information content (AvgIpc) is 3.46. The maximum atomic E-state index is 11.1. The van der Waals surface area contributed by atoms with Gasteiger partial charge in [0.2, 0.25) is 0 Å². The largest absolute Gasteiger partial charge is 0.493 e. The molecule has 0 bridgehead atoms. The van der Waals surface area contributed by atoms with Gasteiger partial charge in [0.05, 0.1) is 36.4 Å². The van der Waals surface area contributed by atoms with Crippen molar-refractivity contribution in [1.82, 2.24) is 0 Å². The number of anilines is 3. The third-order valence-corrected chi connectivity index (χ3v) is 6.47. The molecule has 0 aromatic heterocycles. The Hall–Kier alpha value is -4.18. The summed E-state index contributed by atoms with van der Waals surface area (Å²) in [4.78, 5) is 13.3. The number of hydrogen-bond acceptors (Lipinski definition) is 6. The van der Waals surface area contributed by atoms with Crippen molar-refractivity contribution in [1.29, 1.82) is 5.26 Å². The van der Waals surface area contributed by atoms with E-state index in [0.29, 0.717) is 18.8 Å². The zero-order chi connectivity index (χ0) is 24.4.